The number of nitrogens with zero attached hydrogens (tertiary/aromatic N) is 3. The van der Waals surface area contributed by atoms with E-state index in [4.69, 9.17) is 19.9 Å². The first-order valence-electron chi connectivity index (χ1n) is 19.0. The number of hydrogen-bond acceptors (Lipinski definition) is 9. The highest BCUT2D eigenvalue weighted by atomic mass is 16.6. The molecular weight excluding hydrogens is 650 g/mol. The van der Waals surface area contributed by atoms with E-state index >= 15 is 0 Å². The molecule has 0 aromatic heterocycles. The number of nitrogens with two attached hydrogens (primary N) is 1. The van der Waals surface area contributed by atoms with E-state index in [-0.39, 0.29) is 48.2 Å². The lowest BCUT2D eigenvalue weighted by atomic mass is 9.76. The lowest BCUT2D eigenvalue weighted by Crippen LogP contribution is -2.54. The number of benzene rings is 1. The number of nitrogens with one attached hydrogen (secondary N) is 1. The first-order valence-corrected chi connectivity index (χ1v) is 19.0. The minimum atomic E-state index is -1.03. The first-order chi connectivity index (χ1) is 24.0. The molecule has 1 aliphatic carbocycles. The Hall–Kier alpha value is -3.22. The molecule has 51 heavy (non-hydrogen) atoms. The summed E-state index contributed by atoms with van der Waals surface area (Å²) in [5.41, 5.74) is 5.19. The Morgan fingerprint density at radius 2 is 1.84 bits per heavy atom. The average Bonchev–Trinajstić information content (AvgIpc) is 3.81. The molecule has 0 spiro atoms. The molecule has 3 N–H and O–H groups in total. The molecule has 4 atom stereocenters. The van der Waals surface area contributed by atoms with Crippen molar-refractivity contribution in [2.24, 2.45) is 28.9 Å². The Morgan fingerprint density at radius 3 is 2.47 bits per heavy atom. The van der Waals surface area contributed by atoms with Crippen LogP contribution in [0.2, 0.25) is 0 Å². The summed E-state index contributed by atoms with van der Waals surface area (Å²) < 4.78 is 17.8. The number of anilines is 2. The number of carbonyl (C=O) groups is 4. The summed E-state index contributed by atoms with van der Waals surface area (Å²) >= 11 is 0. The zero-order chi connectivity index (χ0) is 37.3. The topological polar surface area (TPSA) is 144 Å². The predicted octanol–water partition coefficient (Wildman–Crippen LogP) is 4.91. The predicted molar refractivity (Wildman–Crippen MR) is 197 cm³/mol. The van der Waals surface area contributed by atoms with Crippen LogP contribution in [0.3, 0.4) is 0 Å². The highest BCUT2D eigenvalue weighted by Gasteiger charge is 2.48. The van der Waals surface area contributed by atoms with Gasteiger partial charge in [0.25, 0.3) is 5.91 Å². The van der Waals surface area contributed by atoms with Crippen molar-refractivity contribution >= 4 is 35.1 Å². The number of fused-ring (bicyclic) bond motifs is 1. The number of amides is 3. The van der Waals surface area contributed by atoms with E-state index in [9.17, 15) is 19.2 Å². The maximum Gasteiger partial charge on any atom is 0.410 e. The fraction of sp³-hybridized carbons (Fsp3) is 0.744. The Kier molecular flexibility index (Phi) is 11.8. The minimum Gasteiger partial charge on any atom is -0.476 e. The van der Waals surface area contributed by atoms with Crippen molar-refractivity contribution in [2.45, 2.75) is 117 Å². The quantitative estimate of drug-likeness (QED) is 0.292. The third kappa shape index (κ3) is 9.06. The number of piperidine rings is 1. The molecule has 12 nitrogen and oxygen atoms in total. The van der Waals surface area contributed by atoms with E-state index < -0.39 is 29.1 Å². The number of likely N-dealkylation sites (tertiary alicyclic amines) is 1. The molecule has 3 fully saturated rings. The van der Waals surface area contributed by atoms with E-state index in [1.165, 1.54) is 0 Å². The molecule has 5 rings (SSSR count). The monoisotopic (exact) mass is 711 g/mol. The second-order valence-corrected chi connectivity index (χ2v) is 17.1. The molecule has 1 unspecified atom stereocenters. The van der Waals surface area contributed by atoms with Crippen LogP contribution in [0.15, 0.2) is 18.2 Å². The van der Waals surface area contributed by atoms with Gasteiger partial charge in [0.15, 0.2) is 11.4 Å². The summed E-state index contributed by atoms with van der Waals surface area (Å²) in [6.45, 7) is 18.4. The summed E-state index contributed by atoms with van der Waals surface area (Å²) in [7, 11) is 0. The van der Waals surface area contributed by atoms with Crippen LogP contribution in [0.5, 0.6) is 5.75 Å². The van der Waals surface area contributed by atoms with Gasteiger partial charge in [-0.1, -0.05) is 13.8 Å². The van der Waals surface area contributed by atoms with Crippen LogP contribution < -0.4 is 25.6 Å². The Bertz CT molecular complexity index is 1450. The van der Waals surface area contributed by atoms with Crippen LogP contribution in [0.1, 0.15) is 93.9 Å². The molecule has 3 aliphatic heterocycles. The molecule has 3 amide bonds. The smallest absolute Gasteiger partial charge is 0.410 e. The van der Waals surface area contributed by atoms with Gasteiger partial charge in [0.2, 0.25) is 5.91 Å². The zero-order valence-electron chi connectivity index (χ0n) is 32.1. The highest BCUT2D eigenvalue weighted by molar-refractivity contribution is 6.04. The van der Waals surface area contributed by atoms with Crippen LogP contribution >= 0.6 is 0 Å². The number of Topliss-reactive ketones (excluding diaryl/α,β-unsaturated/α-hetero) is 1. The molecule has 4 aliphatic rings. The number of hydrogen-bond donors (Lipinski definition) is 2. The van der Waals surface area contributed by atoms with E-state index in [1.54, 1.807) is 23.6 Å². The van der Waals surface area contributed by atoms with Crippen molar-refractivity contribution in [3.8, 4) is 5.75 Å². The summed E-state index contributed by atoms with van der Waals surface area (Å²) in [5, 5.41) is 3.51. The van der Waals surface area contributed by atoms with Crippen LogP contribution in [-0.2, 0) is 23.9 Å². The van der Waals surface area contributed by atoms with Gasteiger partial charge in [0, 0.05) is 55.8 Å². The van der Waals surface area contributed by atoms with Gasteiger partial charge in [0.1, 0.15) is 11.4 Å². The fourth-order valence-corrected chi connectivity index (χ4v) is 8.10. The van der Waals surface area contributed by atoms with Crippen molar-refractivity contribution in [3.05, 3.63) is 18.2 Å². The minimum absolute atomic E-state index is 0.0116. The van der Waals surface area contributed by atoms with Crippen molar-refractivity contribution < 1.29 is 33.4 Å². The Labute approximate surface area is 304 Å². The van der Waals surface area contributed by atoms with Crippen molar-refractivity contribution in [3.63, 3.8) is 0 Å². The van der Waals surface area contributed by atoms with Crippen LogP contribution in [0.4, 0.5) is 16.2 Å². The largest absolute Gasteiger partial charge is 0.476 e. The number of carbonyl (C=O) groups excluding carboxylic acids is 4. The third-order valence-corrected chi connectivity index (χ3v) is 10.4. The van der Waals surface area contributed by atoms with E-state index in [1.807, 2.05) is 50.8 Å². The standard InChI is InChI=1S/C39H61N5O7/c1-9-49-24-39(19-25(2)3)20-30(41-23-39)33(45)26-17-27(22-42(21-26)36(48)51-37(4,5)6)34(46)44(28-11-12-28)29-13-14-32-31(18-29)43(16-10-15-40)35(47)38(7,8)50-32/h13-14,18,25-28,30,41H,9-12,15-17,19-24,40H2,1-8H3/t26-,27+,30?,39+/m0/s1. The molecule has 2 saturated heterocycles. The van der Waals surface area contributed by atoms with Crippen LogP contribution in [0.25, 0.3) is 0 Å². The third-order valence-electron chi connectivity index (χ3n) is 10.4. The van der Waals surface area contributed by atoms with Gasteiger partial charge in [-0.2, -0.15) is 0 Å². The van der Waals surface area contributed by atoms with E-state index in [2.05, 4.69) is 19.2 Å². The average molecular weight is 712 g/mol. The van der Waals surface area contributed by atoms with Crippen LogP contribution in [0, 0.1) is 23.2 Å². The SMILES string of the molecule is CCOC[C@@]1(CC(C)C)CNC(C(=O)[C@H]2C[C@@H](C(=O)N(c3ccc4c(c3)N(CCCN)C(=O)C(C)(C)O4)C3CC3)CN(C(=O)OC(C)(C)C)C2)C1. The maximum absolute atomic E-state index is 14.7. The zero-order valence-corrected chi connectivity index (χ0v) is 32.1. The molecule has 12 heteroatoms. The summed E-state index contributed by atoms with van der Waals surface area (Å²) in [5.74, 6) is -0.400. The van der Waals surface area contributed by atoms with E-state index in [0.717, 1.165) is 19.3 Å². The lowest BCUT2D eigenvalue weighted by molar-refractivity contribution is -0.133. The molecule has 3 heterocycles. The van der Waals surface area contributed by atoms with Crippen LogP contribution in [-0.4, -0.2) is 97.8 Å². The first kappa shape index (κ1) is 39.0. The van der Waals surface area contributed by atoms with Crippen molar-refractivity contribution in [2.75, 3.05) is 55.7 Å². The highest BCUT2D eigenvalue weighted by Crippen LogP contribution is 2.44. The molecule has 1 aromatic rings. The molecule has 0 bridgehead atoms. The Balaban J connectivity index is 1.43. The van der Waals surface area contributed by atoms with Gasteiger partial charge in [-0.25, -0.2) is 4.79 Å². The van der Waals surface area contributed by atoms with Gasteiger partial charge >= 0.3 is 6.09 Å². The van der Waals surface area contributed by atoms with Crippen molar-refractivity contribution in [1.29, 1.82) is 0 Å². The summed E-state index contributed by atoms with van der Waals surface area (Å²) in [6, 6.07) is 5.16. The van der Waals surface area contributed by atoms with Gasteiger partial charge in [-0.05, 0) is 111 Å². The molecule has 284 valence electrons. The van der Waals surface area contributed by atoms with E-state index in [0.29, 0.717) is 75.2 Å². The number of ether oxygens (including phenoxy) is 3. The fourth-order valence-electron chi connectivity index (χ4n) is 8.10. The summed E-state index contributed by atoms with van der Waals surface area (Å²) in [4.78, 5) is 61.2. The number of rotatable bonds is 13. The molecule has 0 radical (unpaired) electrons. The molecule has 1 saturated carbocycles. The normalized spacial score (nSPS) is 26.2. The second-order valence-electron chi connectivity index (χ2n) is 17.1. The van der Waals surface area contributed by atoms with Crippen molar-refractivity contribution in [1.82, 2.24) is 10.2 Å². The van der Waals surface area contributed by atoms with Gasteiger partial charge in [-0.15, -0.1) is 0 Å². The second kappa shape index (κ2) is 15.4. The van der Waals surface area contributed by atoms with Gasteiger partial charge in [0.05, 0.1) is 24.3 Å². The number of ketones is 1. The van der Waals surface area contributed by atoms with Gasteiger partial charge < -0.3 is 40.0 Å². The Morgan fingerprint density at radius 1 is 1.14 bits per heavy atom. The maximum atomic E-state index is 14.7. The molecule has 1 aromatic carbocycles. The lowest BCUT2D eigenvalue weighted by Gasteiger charge is -2.41. The van der Waals surface area contributed by atoms with Gasteiger partial charge in [-0.3, -0.25) is 14.4 Å². The summed E-state index contributed by atoms with van der Waals surface area (Å²) in [6.07, 6.45) is 3.72. The molecular formula is C39H61N5O7.